The second-order valence-corrected chi connectivity index (χ2v) is 10.3. The van der Waals surface area contributed by atoms with Crippen LogP contribution < -0.4 is 10.1 Å². The van der Waals surface area contributed by atoms with Gasteiger partial charge in [0.05, 0.1) is 13.2 Å². The Morgan fingerprint density at radius 3 is 2.37 bits per heavy atom. The van der Waals surface area contributed by atoms with Crippen molar-refractivity contribution in [2.45, 2.75) is 19.6 Å². The van der Waals surface area contributed by atoms with Crippen molar-refractivity contribution < 1.29 is 9.53 Å². The molecule has 1 amide bonds. The molecule has 1 atom stereocenters. The van der Waals surface area contributed by atoms with Gasteiger partial charge in [0, 0.05) is 0 Å². The first-order chi connectivity index (χ1) is 17.0. The number of carbonyl (C=O) groups is 1. The second-order valence-electron chi connectivity index (χ2n) is 8.02. The van der Waals surface area contributed by atoms with E-state index < -0.39 is 5.91 Å². The smallest absolute Gasteiger partial charge is 0.262 e. The molecule has 0 spiro atoms. The van der Waals surface area contributed by atoms with Crippen LogP contribution in [0.25, 0.3) is 16.8 Å². The maximum absolute atomic E-state index is 12.7. The Morgan fingerprint density at radius 1 is 1.00 bits per heavy atom. The van der Waals surface area contributed by atoms with Gasteiger partial charge in [0.1, 0.15) is 24.0 Å². The molecule has 0 aliphatic rings. The number of nitrogens with one attached hydrogen (secondary N) is 1. The largest absolute Gasteiger partial charge is 0.487 e. The van der Waals surface area contributed by atoms with E-state index in [2.05, 4.69) is 74.8 Å². The predicted molar refractivity (Wildman–Crippen MR) is 157 cm³/mol. The summed E-state index contributed by atoms with van der Waals surface area (Å²) in [4.78, 5) is 12.7. The lowest BCUT2D eigenvalue weighted by molar-refractivity contribution is -0.117. The van der Waals surface area contributed by atoms with Gasteiger partial charge < -0.3 is 10.1 Å². The highest BCUT2D eigenvalue weighted by atomic mass is 127. The van der Waals surface area contributed by atoms with Gasteiger partial charge in [-0.05, 0) is 97.8 Å². The molecule has 0 aliphatic heterocycles. The number of rotatable bonds is 7. The fraction of sp³-hybridized carbons (Fsp3) is 0.103. The minimum atomic E-state index is -0.398. The zero-order valence-corrected chi connectivity index (χ0v) is 23.3. The summed E-state index contributed by atoms with van der Waals surface area (Å²) < 4.78 is 8.04. The first kappa shape index (κ1) is 25.2. The Kier molecular flexibility index (Phi) is 8.42. The number of nitriles is 1. The molecule has 0 unspecified atom stereocenters. The zero-order chi connectivity index (χ0) is 24.8. The molecule has 4 aromatic rings. The molecule has 0 heterocycles. The number of hydrogen-bond acceptors (Lipinski definition) is 3. The Hall–Kier alpha value is -2.90. The van der Waals surface area contributed by atoms with E-state index in [0.717, 1.165) is 29.6 Å². The molecule has 4 aromatic carbocycles. The van der Waals surface area contributed by atoms with Crippen molar-refractivity contribution in [1.82, 2.24) is 5.32 Å². The van der Waals surface area contributed by atoms with Gasteiger partial charge in [-0.3, -0.25) is 4.79 Å². The maximum Gasteiger partial charge on any atom is 0.262 e. The standard InChI is InChI=1S/C29H22I2N2O2/c1-19(21-8-3-2-4-9-21)33-29(34)24(17-32)14-20-15-26(30)28(27(31)16-20)35-18-23-12-7-11-22-10-5-6-13-25(22)23/h2-16,19H,18H2,1H3,(H,33,34)/b24-14+/t19-/m1/s1. The number of carbonyl (C=O) groups excluding carboxylic acids is 1. The van der Waals surface area contributed by atoms with E-state index in [0.29, 0.717) is 6.61 Å². The zero-order valence-electron chi connectivity index (χ0n) is 19.0. The number of benzene rings is 4. The number of nitrogens with zero attached hydrogens (tertiary/aromatic N) is 1. The highest BCUT2D eigenvalue weighted by Crippen LogP contribution is 2.31. The van der Waals surface area contributed by atoms with Gasteiger partial charge in [0.15, 0.2) is 0 Å². The molecular weight excluding hydrogens is 662 g/mol. The lowest BCUT2D eigenvalue weighted by atomic mass is 10.1. The summed E-state index contributed by atoms with van der Waals surface area (Å²) in [6, 6.07) is 29.8. The molecule has 0 aromatic heterocycles. The minimum Gasteiger partial charge on any atom is -0.487 e. The van der Waals surface area contributed by atoms with Crippen LogP contribution in [0.2, 0.25) is 0 Å². The Balaban J connectivity index is 1.51. The molecule has 35 heavy (non-hydrogen) atoms. The van der Waals surface area contributed by atoms with Crippen LogP contribution in [0.4, 0.5) is 0 Å². The quantitative estimate of drug-likeness (QED) is 0.125. The normalized spacial score (nSPS) is 12.1. The highest BCUT2D eigenvalue weighted by Gasteiger charge is 2.15. The van der Waals surface area contributed by atoms with Crippen molar-refractivity contribution in [3.05, 3.63) is 114 Å². The molecule has 4 rings (SSSR count). The number of fused-ring (bicyclic) bond motifs is 1. The minimum absolute atomic E-state index is 0.0591. The molecule has 174 valence electrons. The van der Waals surface area contributed by atoms with Gasteiger partial charge in [-0.1, -0.05) is 72.8 Å². The van der Waals surface area contributed by atoms with Crippen molar-refractivity contribution in [3.8, 4) is 11.8 Å². The van der Waals surface area contributed by atoms with Crippen LogP contribution >= 0.6 is 45.2 Å². The average molecular weight is 684 g/mol. The maximum atomic E-state index is 12.7. The van der Waals surface area contributed by atoms with E-state index in [1.807, 2.05) is 73.7 Å². The van der Waals surface area contributed by atoms with E-state index in [9.17, 15) is 10.1 Å². The topological polar surface area (TPSA) is 62.1 Å². The Morgan fingerprint density at radius 2 is 1.66 bits per heavy atom. The molecule has 6 heteroatoms. The van der Waals surface area contributed by atoms with Crippen LogP contribution in [0.1, 0.15) is 29.7 Å². The molecule has 4 nitrogen and oxygen atoms in total. The summed E-state index contributed by atoms with van der Waals surface area (Å²) in [5.41, 5.74) is 2.93. The predicted octanol–water partition coefficient (Wildman–Crippen LogP) is 7.41. The van der Waals surface area contributed by atoms with E-state index >= 15 is 0 Å². The molecule has 1 N–H and O–H groups in total. The second kappa shape index (κ2) is 11.7. The number of halogens is 2. The van der Waals surface area contributed by atoms with E-state index in [4.69, 9.17) is 4.74 Å². The molecule has 0 fully saturated rings. The summed E-state index contributed by atoms with van der Waals surface area (Å²) in [6.45, 7) is 2.35. The third-order valence-corrected chi connectivity index (χ3v) is 7.20. The highest BCUT2D eigenvalue weighted by molar-refractivity contribution is 14.1. The first-order valence-corrected chi connectivity index (χ1v) is 13.2. The van der Waals surface area contributed by atoms with Gasteiger partial charge >= 0.3 is 0 Å². The lowest BCUT2D eigenvalue weighted by Crippen LogP contribution is -2.27. The fourth-order valence-electron chi connectivity index (χ4n) is 3.78. The van der Waals surface area contributed by atoms with Gasteiger partial charge in [0.2, 0.25) is 0 Å². The van der Waals surface area contributed by atoms with E-state index in [1.54, 1.807) is 6.08 Å². The molecule has 0 saturated heterocycles. The van der Waals surface area contributed by atoms with Crippen molar-refractivity contribution in [1.29, 1.82) is 5.26 Å². The molecular formula is C29H22I2N2O2. The van der Waals surface area contributed by atoms with Crippen LogP contribution in [0, 0.1) is 18.5 Å². The first-order valence-electron chi connectivity index (χ1n) is 11.0. The monoisotopic (exact) mass is 684 g/mol. The summed E-state index contributed by atoms with van der Waals surface area (Å²) in [5, 5.41) is 14.9. The van der Waals surface area contributed by atoms with Crippen molar-refractivity contribution >= 4 is 67.9 Å². The summed E-state index contributed by atoms with van der Waals surface area (Å²) >= 11 is 4.47. The lowest BCUT2D eigenvalue weighted by Gasteiger charge is -2.14. The average Bonchev–Trinajstić information content (AvgIpc) is 2.87. The van der Waals surface area contributed by atoms with Crippen molar-refractivity contribution in [2.75, 3.05) is 0 Å². The van der Waals surface area contributed by atoms with Crippen LogP contribution in [-0.4, -0.2) is 5.91 Å². The summed E-state index contributed by atoms with van der Waals surface area (Å²) in [6.07, 6.45) is 1.62. The third kappa shape index (κ3) is 6.21. The van der Waals surface area contributed by atoms with Crippen LogP contribution in [0.15, 0.2) is 90.5 Å². The van der Waals surface area contributed by atoms with E-state index in [-0.39, 0.29) is 11.6 Å². The van der Waals surface area contributed by atoms with Gasteiger partial charge in [-0.25, -0.2) is 0 Å². The summed E-state index contributed by atoms with van der Waals surface area (Å²) in [5.74, 6) is 0.391. The Labute approximate surface area is 232 Å². The van der Waals surface area contributed by atoms with Crippen molar-refractivity contribution in [3.63, 3.8) is 0 Å². The molecule has 0 saturated carbocycles. The third-order valence-electron chi connectivity index (χ3n) is 5.60. The van der Waals surface area contributed by atoms with E-state index in [1.165, 1.54) is 10.8 Å². The fourth-order valence-corrected chi connectivity index (χ4v) is 5.91. The van der Waals surface area contributed by atoms with Gasteiger partial charge in [-0.15, -0.1) is 0 Å². The van der Waals surface area contributed by atoms with Gasteiger partial charge in [-0.2, -0.15) is 5.26 Å². The van der Waals surface area contributed by atoms with Gasteiger partial charge in [0.25, 0.3) is 5.91 Å². The summed E-state index contributed by atoms with van der Waals surface area (Å²) in [7, 11) is 0. The molecule has 0 aliphatic carbocycles. The van der Waals surface area contributed by atoms with Crippen LogP contribution in [0.5, 0.6) is 5.75 Å². The number of amides is 1. The SMILES string of the molecule is C[C@@H](NC(=O)/C(C#N)=C/c1cc(I)c(OCc2cccc3ccccc23)c(I)c1)c1ccccc1. The van der Waals surface area contributed by atoms with Crippen molar-refractivity contribution in [2.24, 2.45) is 0 Å². The number of hydrogen-bond donors (Lipinski definition) is 1. The Bertz CT molecular complexity index is 1410. The van der Waals surface area contributed by atoms with Crippen LogP contribution in [0.3, 0.4) is 0 Å². The molecule has 0 radical (unpaired) electrons. The number of ether oxygens (including phenoxy) is 1. The molecule has 0 bridgehead atoms. The van der Waals surface area contributed by atoms with Crippen LogP contribution in [-0.2, 0) is 11.4 Å².